The van der Waals surface area contributed by atoms with Crippen LogP contribution in [0.15, 0.2) is 36.8 Å². The van der Waals surface area contributed by atoms with Crippen LogP contribution in [0.25, 0.3) is 0 Å². The van der Waals surface area contributed by atoms with Crippen LogP contribution in [0.4, 0.5) is 13.2 Å². The number of nitrogens with zero attached hydrogens (tertiary/aromatic N) is 2. The van der Waals surface area contributed by atoms with Gasteiger partial charge in [0.25, 0.3) is 0 Å². The summed E-state index contributed by atoms with van der Waals surface area (Å²) in [5.74, 6) is 0. The van der Waals surface area contributed by atoms with Crippen LogP contribution in [-0.2, 0) is 12.7 Å². The molecule has 1 unspecified atom stereocenters. The summed E-state index contributed by atoms with van der Waals surface area (Å²) in [7, 11) is 0. The Balaban J connectivity index is 2.37. The number of halogens is 3. The smallest absolute Gasteiger partial charge is 0.382 e. The van der Waals surface area contributed by atoms with Gasteiger partial charge in [-0.1, -0.05) is 12.1 Å². The first-order chi connectivity index (χ1) is 8.93. The molecule has 0 saturated heterocycles. The van der Waals surface area contributed by atoms with Gasteiger partial charge in [-0.15, -0.1) is 0 Å². The molecule has 0 spiro atoms. The van der Waals surface area contributed by atoms with Gasteiger partial charge in [0.1, 0.15) is 6.10 Å². The van der Waals surface area contributed by atoms with Gasteiger partial charge in [-0.3, -0.25) is 0 Å². The molecule has 2 rings (SSSR count). The van der Waals surface area contributed by atoms with Gasteiger partial charge in [0.15, 0.2) is 0 Å². The zero-order valence-corrected chi connectivity index (χ0v) is 10.2. The molecule has 0 radical (unpaired) electrons. The molecular formula is C13H13F3N2O. The number of benzene rings is 1. The predicted octanol–water partition coefficient (Wildman–Crippen LogP) is 3.00. The maximum atomic E-state index is 12.6. The first-order valence-corrected chi connectivity index (χ1v) is 5.78. The molecule has 1 heterocycles. The number of aliphatic hydroxyl groups is 1. The summed E-state index contributed by atoms with van der Waals surface area (Å²) in [5, 5.41) is 10.2. The van der Waals surface area contributed by atoms with E-state index in [2.05, 4.69) is 4.98 Å². The molecule has 0 fully saturated rings. The SMILES string of the molecule is CCn1cncc1C(O)c1cccc(C(F)(F)F)c1. The Morgan fingerprint density at radius 1 is 1.37 bits per heavy atom. The lowest BCUT2D eigenvalue weighted by molar-refractivity contribution is -0.137. The van der Waals surface area contributed by atoms with E-state index in [1.807, 2.05) is 6.92 Å². The lowest BCUT2D eigenvalue weighted by Gasteiger charge is -2.15. The van der Waals surface area contributed by atoms with Crippen molar-refractivity contribution in [2.45, 2.75) is 25.7 Å². The van der Waals surface area contributed by atoms with Crippen LogP contribution >= 0.6 is 0 Å². The number of hydrogen-bond acceptors (Lipinski definition) is 2. The van der Waals surface area contributed by atoms with E-state index in [0.717, 1.165) is 12.1 Å². The minimum atomic E-state index is -4.42. The fourth-order valence-corrected chi connectivity index (χ4v) is 1.88. The monoisotopic (exact) mass is 270 g/mol. The van der Waals surface area contributed by atoms with Gasteiger partial charge in [0, 0.05) is 6.54 Å². The van der Waals surface area contributed by atoms with Crippen molar-refractivity contribution in [1.29, 1.82) is 0 Å². The molecule has 0 aliphatic heterocycles. The molecule has 1 atom stereocenters. The van der Waals surface area contributed by atoms with Crippen molar-refractivity contribution >= 4 is 0 Å². The van der Waals surface area contributed by atoms with Crippen LogP contribution in [0.5, 0.6) is 0 Å². The molecular weight excluding hydrogens is 257 g/mol. The van der Waals surface area contributed by atoms with Crippen molar-refractivity contribution in [2.75, 3.05) is 0 Å². The van der Waals surface area contributed by atoms with E-state index in [-0.39, 0.29) is 5.56 Å². The van der Waals surface area contributed by atoms with Gasteiger partial charge in [-0.05, 0) is 24.6 Å². The second-order valence-electron chi connectivity index (χ2n) is 4.13. The summed E-state index contributed by atoms with van der Waals surface area (Å²) in [6.07, 6.45) is -2.55. The summed E-state index contributed by atoms with van der Waals surface area (Å²) < 4.78 is 39.5. The van der Waals surface area contributed by atoms with Crippen molar-refractivity contribution in [2.24, 2.45) is 0 Å². The summed E-state index contributed by atoms with van der Waals surface area (Å²) in [5.41, 5.74) is -0.0986. The van der Waals surface area contributed by atoms with Crippen molar-refractivity contribution < 1.29 is 18.3 Å². The topological polar surface area (TPSA) is 38.0 Å². The number of alkyl halides is 3. The summed E-state index contributed by atoms with van der Waals surface area (Å²) in [6.45, 7) is 2.45. The highest BCUT2D eigenvalue weighted by Gasteiger charge is 2.31. The Morgan fingerprint density at radius 3 is 2.74 bits per heavy atom. The fraction of sp³-hybridized carbons (Fsp3) is 0.308. The van der Waals surface area contributed by atoms with Crippen LogP contribution in [0.2, 0.25) is 0 Å². The first kappa shape index (κ1) is 13.6. The van der Waals surface area contributed by atoms with Crippen molar-refractivity contribution in [3.63, 3.8) is 0 Å². The highest BCUT2D eigenvalue weighted by Crippen LogP contribution is 2.32. The third-order valence-corrected chi connectivity index (χ3v) is 2.90. The average molecular weight is 270 g/mol. The van der Waals surface area contributed by atoms with E-state index < -0.39 is 17.8 Å². The zero-order chi connectivity index (χ0) is 14.0. The molecule has 19 heavy (non-hydrogen) atoms. The lowest BCUT2D eigenvalue weighted by atomic mass is 10.0. The van der Waals surface area contributed by atoms with Gasteiger partial charge >= 0.3 is 6.18 Å². The minimum Gasteiger partial charge on any atom is -0.382 e. The minimum absolute atomic E-state index is 0.199. The van der Waals surface area contributed by atoms with Crippen LogP contribution in [0.1, 0.15) is 29.8 Å². The number of aliphatic hydroxyl groups excluding tert-OH is 1. The molecule has 3 nitrogen and oxygen atoms in total. The van der Waals surface area contributed by atoms with E-state index in [1.165, 1.54) is 24.7 Å². The average Bonchev–Trinajstić information content (AvgIpc) is 2.85. The summed E-state index contributed by atoms with van der Waals surface area (Å²) in [4.78, 5) is 3.89. The first-order valence-electron chi connectivity index (χ1n) is 5.78. The number of imidazole rings is 1. The number of aromatic nitrogens is 2. The van der Waals surface area contributed by atoms with Gasteiger partial charge in [-0.25, -0.2) is 4.98 Å². The molecule has 1 N–H and O–H groups in total. The second kappa shape index (κ2) is 5.05. The van der Waals surface area contributed by atoms with Crippen LogP contribution in [0.3, 0.4) is 0 Å². The van der Waals surface area contributed by atoms with Crippen molar-refractivity contribution in [1.82, 2.24) is 9.55 Å². The normalized spacial score (nSPS) is 13.5. The molecule has 102 valence electrons. The van der Waals surface area contributed by atoms with E-state index in [1.54, 1.807) is 4.57 Å². The molecule has 0 bridgehead atoms. The number of aryl methyl sites for hydroxylation is 1. The second-order valence-corrected chi connectivity index (χ2v) is 4.13. The van der Waals surface area contributed by atoms with E-state index in [9.17, 15) is 18.3 Å². The van der Waals surface area contributed by atoms with E-state index in [4.69, 9.17) is 0 Å². The molecule has 0 amide bonds. The molecule has 2 aromatic rings. The molecule has 0 aliphatic carbocycles. The number of rotatable bonds is 3. The zero-order valence-electron chi connectivity index (χ0n) is 10.2. The molecule has 0 aliphatic rings. The predicted molar refractivity (Wildman–Crippen MR) is 63.4 cm³/mol. The highest BCUT2D eigenvalue weighted by molar-refractivity contribution is 5.31. The molecule has 1 aromatic carbocycles. The molecule has 1 aromatic heterocycles. The number of hydrogen-bond donors (Lipinski definition) is 1. The standard InChI is InChI=1S/C13H13F3N2O/c1-2-18-8-17-7-11(18)12(19)9-4-3-5-10(6-9)13(14,15)16/h3-8,12,19H,2H2,1H3. The van der Waals surface area contributed by atoms with Crippen LogP contribution in [-0.4, -0.2) is 14.7 Å². The summed E-state index contributed by atoms with van der Waals surface area (Å²) in [6, 6.07) is 4.69. The van der Waals surface area contributed by atoms with Gasteiger partial charge in [0.2, 0.25) is 0 Å². The van der Waals surface area contributed by atoms with Crippen molar-refractivity contribution in [3.05, 3.63) is 53.6 Å². The third-order valence-electron chi connectivity index (χ3n) is 2.90. The van der Waals surface area contributed by atoms with Crippen LogP contribution < -0.4 is 0 Å². The summed E-state index contributed by atoms with van der Waals surface area (Å²) >= 11 is 0. The maximum Gasteiger partial charge on any atom is 0.416 e. The lowest BCUT2D eigenvalue weighted by Crippen LogP contribution is -2.10. The third kappa shape index (κ3) is 2.78. The highest BCUT2D eigenvalue weighted by atomic mass is 19.4. The van der Waals surface area contributed by atoms with Gasteiger partial charge < -0.3 is 9.67 Å². The molecule has 6 heteroatoms. The Morgan fingerprint density at radius 2 is 2.11 bits per heavy atom. The Labute approximate surface area is 108 Å². The maximum absolute atomic E-state index is 12.6. The quantitative estimate of drug-likeness (QED) is 0.931. The van der Waals surface area contributed by atoms with Gasteiger partial charge in [-0.2, -0.15) is 13.2 Å². The van der Waals surface area contributed by atoms with Crippen molar-refractivity contribution in [3.8, 4) is 0 Å². The Bertz CT molecular complexity index is 563. The largest absolute Gasteiger partial charge is 0.416 e. The fourth-order valence-electron chi connectivity index (χ4n) is 1.88. The Hall–Kier alpha value is -1.82. The van der Waals surface area contributed by atoms with Gasteiger partial charge in [0.05, 0.1) is 23.8 Å². The molecule has 0 saturated carbocycles. The van der Waals surface area contributed by atoms with Crippen LogP contribution in [0, 0.1) is 0 Å². The van der Waals surface area contributed by atoms with E-state index >= 15 is 0 Å². The van der Waals surface area contributed by atoms with E-state index in [0.29, 0.717) is 12.2 Å². The Kier molecular flexibility index (Phi) is 3.61.